The van der Waals surface area contributed by atoms with Crippen LogP contribution >= 0.6 is 24.4 Å². The first-order chi connectivity index (χ1) is 23.3. The number of halogens is 4. The van der Waals surface area contributed by atoms with Crippen molar-refractivity contribution in [2.24, 2.45) is 15.9 Å². The Morgan fingerprint density at radius 1 is 0.542 bits per heavy atom. The number of hydrogen-bond donors (Lipinski definition) is 0. The first-order valence-electron chi connectivity index (χ1n) is 15.9. The molecule has 0 aliphatic heterocycles. The summed E-state index contributed by atoms with van der Waals surface area (Å²) < 4.78 is 68.3. The van der Waals surface area contributed by atoms with Gasteiger partial charge in [-0.05, 0) is 114 Å². The Hall–Kier alpha value is -4.20. The van der Waals surface area contributed by atoms with Crippen molar-refractivity contribution in [3.63, 3.8) is 0 Å². The van der Waals surface area contributed by atoms with Crippen LogP contribution in [-0.2, 0) is 0 Å². The van der Waals surface area contributed by atoms with Gasteiger partial charge in [-0.3, -0.25) is 0 Å². The Kier molecular flexibility index (Phi) is 14.5. The second kappa shape index (κ2) is 19.0. The van der Waals surface area contributed by atoms with E-state index in [1.807, 2.05) is 10.3 Å². The van der Waals surface area contributed by atoms with Crippen molar-refractivity contribution in [3.8, 4) is 33.8 Å². The molecule has 0 spiro atoms. The maximum atomic E-state index is 14.2. The van der Waals surface area contributed by atoms with Gasteiger partial charge in [-0.15, -0.1) is 0 Å². The van der Waals surface area contributed by atoms with Crippen LogP contribution in [0, 0.1) is 29.2 Å². The standard InChI is InChI=1S/C38H36F4N2O2S2/c1-26(8-4-2-6-18-45-31-14-10-27(11-15-31)29-20-33(39)37(43-24-47)34(40)21-29)9-5-3-7-19-46-32-16-12-28(13-17-32)30-22-35(41)38(44-25-48)36(42)23-30/h10-17,20-23,26H,2-9,18-19H2,1H3. The smallest absolute Gasteiger partial charge is 0.153 e. The lowest BCUT2D eigenvalue weighted by molar-refractivity contribution is 0.298. The molecule has 4 aromatic rings. The molecule has 48 heavy (non-hydrogen) atoms. The molecule has 0 saturated heterocycles. The van der Waals surface area contributed by atoms with Gasteiger partial charge in [-0.25, -0.2) is 17.6 Å². The van der Waals surface area contributed by atoms with Gasteiger partial charge in [0.05, 0.1) is 23.5 Å². The number of unbranched alkanes of at least 4 members (excludes halogenated alkanes) is 4. The fourth-order valence-electron chi connectivity index (χ4n) is 5.32. The predicted molar refractivity (Wildman–Crippen MR) is 190 cm³/mol. The summed E-state index contributed by atoms with van der Waals surface area (Å²) >= 11 is 8.88. The van der Waals surface area contributed by atoms with Gasteiger partial charge < -0.3 is 9.47 Å². The third-order valence-electron chi connectivity index (χ3n) is 7.94. The fourth-order valence-corrected chi connectivity index (χ4v) is 5.51. The summed E-state index contributed by atoms with van der Waals surface area (Å²) in [5, 5.41) is 3.98. The van der Waals surface area contributed by atoms with Crippen LogP contribution in [0.2, 0.25) is 0 Å². The van der Waals surface area contributed by atoms with Crippen molar-refractivity contribution >= 4 is 46.1 Å². The van der Waals surface area contributed by atoms with Crippen LogP contribution in [0.4, 0.5) is 28.9 Å². The van der Waals surface area contributed by atoms with Gasteiger partial charge in [-0.2, -0.15) is 9.98 Å². The van der Waals surface area contributed by atoms with Crippen LogP contribution in [0.3, 0.4) is 0 Å². The highest BCUT2D eigenvalue weighted by Gasteiger charge is 2.13. The van der Waals surface area contributed by atoms with E-state index in [2.05, 4.69) is 41.3 Å². The fraction of sp³-hybridized carbons (Fsp3) is 0.316. The maximum Gasteiger partial charge on any atom is 0.153 e. The summed E-state index contributed by atoms with van der Waals surface area (Å²) in [5.74, 6) is -1.08. The van der Waals surface area contributed by atoms with E-state index in [4.69, 9.17) is 9.47 Å². The van der Waals surface area contributed by atoms with Gasteiger partial charge >= 0.3 is 0 Å². The highest BCUT2D eigenvalue weighted by atomic mass is 32.1. The Bertz CT molecular complexity index is 1580. The minimum atomic E-state index is -0.789. The number of benzene rings is 4. The van der Waals surface area contributed by atoms with Crippen molar-refractivity contribution in [1.82, 2.24) is 0 Å². The van der Waals surface area contributed by atoms with Crippen molar-refractivity contribution in [2.45, 2.75) is 58.3 Å². The molecule has 0 N–H and O–H groups in total. The lowest BCUT2D eigenvalue weighted by Gasteiger charge is -2.12. The monoisotopic (exact) mass is 692 g/mol. The van der Waals surface area contributed by atoms with Gasteiger partial charge in [0.2, 0.25) is 0 Å². The number of ether oxygens (including phenoxy) is 2. The molecule has 0 unspecified atom stereocenters. The molecule has 0 heterocycles. The van der Waals surface area contributed by atoms with Crippen LogP contribution in [0.5, 0.6) is 11.5 Å². The first-order valence-corrected chi connectivity index (χ1v) is 16.7. The Morgan fingerprint density at radius 2 is 0.896 bits per heavy atom. The van der Waals surface area contributed by atoms with Gasteiger partial charge in [0.15, 0.2) is 23.3 Å². The molecule has 0 radical (unpaired) electrons. The average molecular weight is 693 g/mol. The molecule has 0 bridgehead atoms. The van der Waals surface area contributed by atoms with Gasteiger partial charge in [0.1, 0.15) is 22.9 Å². The molecule has 4 nitrogen and oxygen atoms in total. The third-order valence-corrected chi connectivity index (χ3v) is 8.13. The number of nitrogens with zero attached hydrogens (tertiary/aromatic N) is 2. The van der Waals surface area contributed by atoms with Crippen LogP contribution in [-0.4, -0.2) is 23.5 Å². The summed E-state index contributed by atoms with van der Waals surface area (Å²) in [6.07, 6.45) is 8.72. The SMILES string of the molecule is CC(CCCCCOc1ccc(-c2cc(F)c(N=C=S)c(F)c2)cc1)CCCCCOc1ccc(-c2cc(F)c(N=C=S)c(F)c2)cc1. The summed E-state index contributed by atoms with van der Waals surface area (Å²) in [6.45, 7) is 3.51. The largest absolute Gasteiger partial charge is 0.494 e. The van der Waals surface area contributed by atoms with Crippen molar-refractivity contribution in [2.75, 3.05) is 13.2 Å². The zero-order valence-electron chi connectivity index (χ0n) is 26.6. The molecule has 0 atom stereocenters. The number of thiocarbonyl (C=S) groups is 2. The van der Waals surface area contributed by atoms with Crippen molar-refractivity contribution < 1.29 is 27.0 Å². The Balaban J connectivity index is 1.05. The topological polar surface area (TPSA) is 43.2 Å². The van der Waals surface area contributed by atoms with Crippen LogP contribution in [0.15, 0.2) is 82.8 Å². The van der Waals surface area contributed by atoms with Crippen LogP contribution < -0.4 is 9.47 Å². The quantitative estimate of drug-likeness (QED) is 0.0451. The minimum absolute atomic E-state index is 0.406. The van der Waals surface area contributed by atoms with E-state index in [1.165, 1.54) is 37.1 Å². The molecule has 4 aromatic carbocycles. The van der Waals surface area contributed by atoms with E-state index in [0.717, 1.165) is 38.5 Å². The van der Waals surface area contributed by atoms with E-state index in [-0.39, 0.29) is 0 Å². The molecule has 0 aliphatic carbocycles. The molecule has 4 rings (SSSR count). The molecular formula is C38H36F4N2O2S2. The Labute approximate surface area is 289 Å². The van der Waals surface area contributed by atoms with E-state index in [9.17, 15) is 17.6 Å². The van der Waals surface area contributed by atoms with E-state index >= 15 is 0 Å². The Morgan fingerprint density at radius 3 is 1.23 bits per heavy atom. The van der Waals surface area contributed by atoms with Gasteiger partial charge in [0, 0.05) is 0 Å². The molecule has 250 valence electrons. The number of aliphatic imine (C=N–C) groups is 2. The van der Waals surface area contributed by atoms with E-state index in [1.54, 1.807) is 48.5 Å². The molecular weight excluding hydrogens is 657 g/mol. The molecule has 0 saturated carbocycles. The summed E-state index contributed by atoms with van der Waals surface area (Å²) in [4.78, 5) is 6.88. The minimum Gasteiger partial charge on any atom is -0.494 e. The molecule has 0 aromatic heterocycles. The number of rotatable bonds is 18. The summed E-state index contributed by atoms with van der Waals surface area (Å²) in [7, 11) is 0. The van der Waals surface area contributed by atoms with Gasteiger partial charge in [0.25, 0.3) is 0 Å². The zero-order chi connectivity index (χ0) is 34.3. The number of isothiocyanates is 2. The van der Waals surface area contributed by atoms with Crippen LogP contribution in [0.1, 0.15) is 58.3 Å². The lowest BCUT2D eigenvalue weighted by Crippen LogP contribution is -2.00. The highest BCUT2D eigenvalue weighted by Crippen LogP contribution is 2.31. The van der Waals surface area contributed by atoms with Crippen LogP contribution in [0.25, 0.3) is 22.3 Å². The normalized spacial score (nSPS) is 11.4. The average Bonchev–Trinajstić information content (AvgIpc) is 3.08. The van der Waals surface area contributed by atoms with Crippen molar-refractivity contribution in [3.05, 3.63) is 96.1 Å². The zero-order valence-corrected chi connectivity index (χ0v) is 28.2. The first kappa shape index (κ1) is 36.6. The third kappa shape index (κ3) is 10.9. The van der Waals surface area contributed by atoms with E-state index in [0.29, 0.717) is 52.9 Å². The van der Waals surface area contributed by atoms with Gasteiger partial charge in [-0.1, -0.05) is 69.7 Å². The number of hydrogen-bond acceptors (Lipinski definition) is 6. The molecule has 10 heteroatoms. The molecule has 0 aliphatic rings. The maximum absolute atomic E-state index is 14.2. The predicted octanol–water partition coefficient (Wildman–Crippen LogP) is 12.3. The van der Waals surface area contributed by atoms with E-state index < -0.39 is 34.6 Å². The lowest BCUT2D eigenvalue weighted by atomic mass is 9.97. The second-order valence-electron chi connectivity index (χ2n) is 11.5. The highest BCUT2D eigenvalue weighted by molar-refractivity contribution is 7.78. The summed E-state index contributed by atoms with van der Waals surface area (Å²) in [5.41, 5.74) is 1.27. The molecule has 0 fully saturated rings. The van der Waals surface area contributed by atoms with Crippen molar-refractivity contribution in [1.29, 1.82) is 0 Å². The summed E-state index contributed by atoms with van der Waals surface area (Å²) in [6, 6.07) is 19.2. The second-order valence-corrected chi connectivity index (χ2v) is 11.9. The molecule has 0 amide bonds.